The number of ether oxygens (including phenoxy) is 2. The van der Waals surface area contributed by atoms with Gasteiger partial charge in [0.05, 0.1) is 23.7 Å². The number of aryl methyl sites for hydroxylation is 4. The molecule has 3 aromatic rings. The molecule has 1 aromatic carbocycles. The minimum atomic E-state index is -5.63. The van der Waals surface area contributed by atoms with E-state index in [4.69, 9.17) is 9.47 Å². The maximum absolute atomic E-state index is 14.5. The van der Waals surface area contributed by atoms with E-state index < -0.39 is 82.5 Å². The number of esters is 2. The van der Waals surface area contributed by atoms with Gasteiger partial charge in [-0.15, -0.1) is 0 Å². The number of nitro groups is 1. The van der Waals surface area contributed by atoms with Crippen molar-refractivity contribution in [3.63, 3.8) is 0 Å². The van der Waals surface area contributed by atoms with E-state index >= 15 is 0 Å². The predicted octanol–water partition coefficient (Wildman–Crippen LogP) is 6.59. The van der Waals surface area contributed by atoms with Gasteiger partial charge in [0.15, 0.2) is 5.70 Å². The number of nitrogens with zero attached hydrogens (tertiary/aromatic N) is 2. The zero-order valence-electron chi connectivity index (χ0n) is 25.6. The van der Waals surface area contributed by atoms with Gasteiger partial charge in [-0.1, -0.05) is 12.1 Å². The lowest BCUT2D eigenvalue weighted by atomic mass is 9.74. The maximum atomic E-state index is 14.5. The monoisotopic (exact) mass is 668 g/mol. The molecule has 47 heavy (non-hydrogen) atoms. The number of rotatable bonds is 10. The molecular formula is C31H30F6N4O6. The molecule has 3 heterocycles. The van der Waals surface area contributed by atoms with Crippen molar-refractivity contribution in [2.75, 3.05) is 13.2 Å². The van der Waals surface area contributed by atoms with Gasteiger partial charge in [0.1, 0.15) is 11.6 Å². The van der Waals surface area contributed by atoms with Crippen molar-refractivity contribution in [2.24, 2.45) is 10.9 Å². The SMILES string of the molecule is Cc1cc(CCOC(=O)C2=C(C(F)(F)F)N=C(C(F)(F)F)C(C(=O)OCCc3cc(C)[nH]c3C)C2c2cccc([N+](=O)[O-])c2)c(C)[nH]1. The normalized spacial score (nSPS) is 17.0. The predicted molar refractivity (Wildman–Crippen MR) is 156 cm³/mol. The second-order valence-electron chi connectivity index (χ2n) is 11.1. The summed E-state index contributed by atoms with van der Waals surface area (Å²) >= 11 is 0. The first kappa shape index (κ1) is 35.0. The van der Waals surface area contributed by atoms with E-state index in [0.29, 0.717) is 28.6 Å². The fourth-order valence-corrected chi connectivity index (χ4v) is 5.61. The number of non-ortho nitro benzene ring substituents is 1. The van der Waals surface area contributed by atoms with Crippen LogP contribution in [0, 0.1) is 43.7 Å². The van der Waals surface area contributed by atoms with Crippen LogP contribution < -0.4 is 0 Å². The Bertz CT molecular complexity index is 1750. The molecule has 0 aliphatic carbocycles. The number of aromatic nitrogens is 2. The Morgan fingerprint density at radius 3 is 1.89 bits per heavy atom. The number of hydrogen-bond donors (Lipinski definition) is 2. The third-order valence-electron chi connectivity index (χ3n) is 7.63. The first-order valence-electron chi connectivity index (χ1n) is 14.2. The fourth-order valence-electron chi connectivity index (χ4n) is 5.61. The van der Waals surface area contributed by atoms with Crippen LogP contribution in [0.15, 0.2) is 52.7 Å². The Morgan fingerprint density at radius 2 is 1.43 bits per heavy atom. The smallest absolute Gasteiger partial charge is 0.433 e. The molecule has 0 bridgehead atoms. The van der Waals surface area contributed by atoms with E-state index in [0.717, 1.165) is 29.6 Å². The summed E-state index contributed by atoms with van der Waals surface area (Å²) in [4.78, 5) is 46.5. The molecule has 2 unspecified atom stereocenters. The van der Waals surface area contributed by atoms with Crippen LogP contribution in [0.2, 0.25) is 0 Å². The van der Waals surface area contributed by atoms with Crippen molar-refractivity contribution in [1.82, 2.24) is 9.97 Å². The molecule has 0 spiro atoms. The highest BCUT2D eigenvalue weighted by Crippen LogP contribution is 2.48. The topological polar surface area (TPSA) is 140 Å². The Balaban J connectivity index is 1.82. The lowest BCUT2D eigenvalue weighted by molar-refractivity contribution is -0.384. The average Bonchev–Trinajstić information content (AvgIpc) is 3.47. The van der Waals surface area contributed by atoms with Gasteiger partial charge in [-0.3, -0.25) is 14.9 Å². The molecule has 1 aliphatic rings. The largest absolute Gasteiger partial charge is 0.465 e. The summed E-state index contributed by atoms with van der Waals surface area (Å²) in [5.74, 6) is -8.34. The van der Waals surface area contributed by atoms with E-state index in [1.807, 2.05) is 0 Å². The van der Waals surface area contributed by atoms with Crippen LogP contribution in [-0.2, 0) is 31.9 Å². The van der Waals surface area contributed by atoms with Crippen molar-refractivity contribution in [3.05, 3.63) is 97.2 Å². The number of halogens is 6. The van der Waals surface area contributed by atoms with Crippen molar-refractivity contribution in [3.8, 4) is 0 Å². The summed E-state index contributed by atoms with van der Waals surface area (Å²) < 4.78 is 97.0. The van der Waals surface area contributed by atoms with E-state index in [1.54, 1.807) is 39.8 Å². The van der Waals surface area contributed by atoms with Gasteiger partial charge in [0, 0.05) is 53.7 Å². The van der Waals surface area contributed by atoms with Crippen molar-refractivity contribution in [1.29, 1.82) is 0 Å². The number of benzene rings is 1. The molecule has 252 valence electrons. The van der Waals surface area contributed by atoms with Crippen LogP contribution in [0.1, 0.15) is 45.4 Å². The highest BCUT2D eigenvalue weighted by Gasteiger charge is 2.57. The zero-order chi connectivity index (χ0) is 34.8. The third-order valence-corrected chi connectivity index (χ3v) is 7.63. The molecule has 0 saturated heterocycles. The summed E-state index contributed by atoms with van der Waals surface area (Å²) in [6, 6.07) is 7.09. The number of carbonyl (C=O) groups excluding carboxylic acids is 2. The molecule has 0 fully saturated rings. The summed E-state index contributed by atoms with van der Waals surface area (Å²) in [6.07, 6.45) is -11.1. The second kappa shape index (κ2) is 13.5. The summed E-state index contributed by atoms with van der Waals surface area (Å²) in [6.45, 7) is 6.00. The van der Waals surface area contributed by atoms with E-state index in [-0.39, 0.29) is 12.8 Å². The Hall–Kier alpha value is -4.89. The van der Waals surface area contributed by atoms with Gasteiger partial charge in [0.25, 0.3) is 5.69 Å². The average molecular weight is 669 g/mol. The van der Waals surface area contributed by atoms with Crippen molar-refractivity contribution in [2.45, 2.75) is 58.8 Å². The van der Waals surface area contributed by atoms with Gasteiger partial charge in [-0.25, -0.2) is 9.79 Å². The first-order chi connectivity index (χ1) is 21.9. The van der Waals surface area contributed by atoms with E-state index in [9.17, 15) is 46.0 Å². The highest BCUT2D eigenvalue weighted by atomic mass is 19.4. The van der Waals surface area contributed by atoms with Gasteiger partial charge < -0.3 is 19.4 Å². The Kier molecular flexibility index (Phi) is 10.0. The van der Waals surface area contributed by atoms with E-state index in [2.05, 4.69) is 15.0 Å². The van der Waals surface area contributed by atoms with Crippen LogP contribution in [0.4, 0.5) is 32.0 Å². The number of H-pyrrole nitrogens is 2. The number of alkyl halides is 6. The third kappa shape index (κ3) is 7.92. The number of nitrogens with one attached hydrogen (secondary N) is 2. The van der Waals surface area contributed by atoms with Crippen LogP contribution in [-0.4, -0.2) is 58.1 Å². The highest BCUT2D eigenvalue weighted by molar-refractivity contribution is 6.10. The summed E-state index contributed by atoms with van der Waals surface area (Å²) in [5.41, 5.74) is -2.79. The fraction of sp³-hybridized carbons (Fsp3) is 0.387. The quantitative estimate of drug-likeness (QED) is 0.108. The summed E-state index contributed by atoms with van der Waals surface area (Å²) in [5, 5.41) is 11.5. The van der Waals surface area contributed by atoms with Gasteiger partial charge >= 0.3 is 24.3 Å². The van der Waals surface area contributed by atoms with Gasteiger partial charge in [0.2, 0.25) is 0 Å². The molecule has 4 rings (SSSR count). The number of nitro benzene ring substituents is 1. The van der Waals surface area contributed by atoms with Crippen LogP contribution >= 0.6 is 0 Å². The molecular weight excluding hydrogens is 638 g/mol. The lowest BCUT2D eigenvalue weighted by Crippen LogP contribution is -2.45. The maximum Gasteiger partial charge on any atom is 0.433 e. The minimum absolute atomic E-state index is 0.0403. The Morgan fingerprint density at radius 1 is 0.872 bits per heavy atom. The number of allylic oxidation sites excluding steroid dienone is 1. The number of aliphatic imine (C=N–C) groups is 1. The van der Waals surface area contributed by atoms with Crippen molar-refractivity contribution < 1.29 is 50.3 Å². The number of carbonyl (C=O) groups is 2. The molecule has 0 saturated carbocycles. The van der Waals surface area contributed by atoms with Gasteiger partial charge in [-0.05, 0) is 56.5 Å². The van der Waals surface area contributed by atoms with E-state index in [1.165, 1.54) is 0 Å². The molecule has 2 aromatic heterocycles. The second-order valence-corrected chi connectivity index (χ2v) is 11.1. The van der Waals surface area contributed by atoms with Crippen LogP contribution in [0.3, 0.4) is 0 Å². The lowest BCUT2D eigenvalue weighted by Gasteiger charge is -2.34. The summed E-state index contributed by atoms with van der Waals surface area (Å²) in [7, 11) is 0. The molecule has 2 N–H and O–H groups in total. The molecule has 1 aliphatic heterocycles. The van der Waals surface area contributed by atoms with Gasteiger partial charge in [-0.2, -0.15) is 26.3 Å². The zero-order valence-corrected chi connectivity index (χ0v) is 25.6. The number of hydrogen-bond acceptors (Lipinski definition) is 7. The van der Waals surface area contributed by atoms with Crippen LogP contribution in [0.25, 0.3) is 0 Å². The molecule has 0 radical (unpaired) electrons. The standard InChI is InChI=1S/C31H30F6N4O6/c1-15-12-19(17(3)38-15)8-10-46-28(42)24-23(21-6-5-7-22(14-21)41(44)45)25(27(31(35,36)37)40-26(24)30(32,33)34)29(43)47-11-9-20-13-16(2)39-18(20)4/h5-7,12-14,23-24,38-39H,8-11H2,1-4H3. The van der Waals surface area contributed by atoms with Crippen molar-refractivity contribution >= 4 is 23.3 Å². The molecule has 10 nitrogen and oxygen atoms in total. The van der Waals surface area contributed by atoms with Crippen LogP contribution in [0.5, 0.6) is 0 Å². The minimum Gasteiger partial charge on any atom is -0.465 e. The molecule has 2 atom stereocenters. The Labute approximate surface area is 264 Å². The molecule has 16 heteroatoms. The molecule has 0 amide bonds. The number of aromatic amines is 2. The first-order valence-corrected chi connectivity index (χ1v) is 14.2.